The van der Waals surface area contributed by atoms with Gasteiger partial charge in [-0.2, -0.15) is 0 Å². The van der Waals surface area contributed by atoms with Crippen molar-refractivity contribution < 1.29 is 28.7 Å². The highest BCUT2D eigenvalue weighted by molar-refractivity contribution is 5.77. The lowest BCUT2D eigenvalue weighted by Gasteiger charge is -2.31. The van der Waals surface area contributed by atoms with Gasteiger partial charge in [-0.1, -0.05) is 19.9 Å². The normalized spacial score (nSPS) is 17.9. The summed E-state index contributed by atoms with van der Waals surface area (Å²) in [6.07, 6.45) is 0.593. The zero-order valence-electron chi connectivity index (χ0n) is 18.2. The Morgan fingerprint density at radius 1 is 1.17 bits per heavy atom. The fraction of sp³-hybridized carbons (Fsp3) is 0.636. The highest BCUT2D eigenvalue weighted by Crippen LogP contribution is 2.34. The minimum atomic E-state index is -0.268. The summed E-state index contributed by atoms with van der Waals surface area (Å²) in [5, 5.41) is 3.20. The summed E-state index contributed by atoms with van der Waals surface area (Å²) in [5.41, 5.74) is 1.02. The van der Waals surface area contributed by atoms with Crippen LogP contribution < -0.4 is 19.7 Å². The second kappa shape index (κ2) is 10.5. The second-order valence-corrected chi connectivity index (χ2v) is 8.16. The number of hydrogen-bond donors (Lipinski definition) is 2. The largest absolute Gasteiger partial charge is 0.490 e. The van der Waals surface area contributed by atoms with Crippen molar-refractivity contribution in [3.8, 4) is 11.5 Å². The predicted octanol–water partition coefficient (Wildman–Crippen LogP) is 1.02. The fourth-order valence-corrected chi connectivity index (χ4v) is 3.86. The lowest BCUT2D eigenvalue weighted by Crippen LogP contribution is -3.15. The molecule has 1 fully saturated rings. The molecule has 0 aromatic heterocycles. The number of benzene rings is 1. The standard InChI is InChI=1S/C22H33N3O5/c1-4-28-22(27)25-10-8-24(9-11-25)15-20(26)23-21(16(2)3)17-6-7-18-19(14-17)30-13-5-12-29-18/h6-7,14,16,21H,4-5,8-13,15H2,1-3H3,(H,23,26)/p+1/t21-/m0/s1. The van der Waals surface area contributed by atoms with Crippen molar-refractivity contribution in [2.24, 2.45) is 5.92 Å². The summed E-state index contributed by atoms with van der Waals surface area (Å²) >= 11 is 0. The summed E-state index contributed by atoms with van der Waals surface area (Å²) < 4.78 is 16.6. The number of carbonyl (C=O) groups excluding carboxylic acids is 2. The molecule has 2 heterocycles. The number of piperazine rings is 1. The van der Waals surface area contributed by atoms with E-state index in [0.29, 0.717) is 39.5 Å². The van der Waals surface area contributed by atoms with Crippen LogP contribution in [0, 0.1) is 5.92 Å². The van der Waals surface area contributed by atoms with E-state index in [1.807, 2.05) is 18.2 Å². The van der Waals surface area contributed by atoms with Crippen LogP contribution in [0.1, 0.15) is 38.8 Å². The SMILES string of the molecule is CCOC(=O)N1CC[NH+](CC(=O)N[C@H](c2ccc3c(c2)OCCCO3)C(C)C)CC1. The van der Waals surface area contributed by atoms with E-state index >= 15 is 0 Å². The van der Waals surface area contributed by atoms with E-state index in [1.165, 1.54) is 4.90 Å². The second-order valence-electron chi connectivity index (χ2n) is 8.16. The van der Waals surface area contributed by atoms with Gasteiger partial charge in [-0.15, -0.1) is 0 Å². The molecule has 0 bridgehead atoms. The van der Waals surface area contributed by atoms with Crippen molar-refractivity contribution in [1.82, 2.24) is 10.2 Å². The van der Waals surface area contributed by atoms with Gasteiger partial charge in [0.1, 0.15) is 0 Å². The van der Waals surface area contributed by atoms with Gasteiger partial charge >= 0.3 is 6.09 Å². The molecule has 166 valence electrons. The van der Waals surface area contributed by atoms with Crippen molar-refractivity contribution in [2.75, 3.05) is 52.5 Å². The lowest BCUT2D eigenvalue weighted by molar-refractivity contribution is -0.896. The predicted molar refractivity (Wildman–Crippen MR) is 112 cm³/mol. The first-order valence-electron chi connectivity index (χ1n) is 10.9. The van der Waals surface area contributed by atoms with Crippen LogP contribution in [-0.2, 0) is 9.53 Å². The van der Waals surface area contributed by atoms with E-state index in [4.69, 9.17) is 14.2 Å². The molecule has 1 atom stereocenters. The summed E-state index contributed by atoms with van der Waals surface area (Å²) in [5.74, 6) is 1.74. The maximum atomic E-state index is 12.8. The molecule has 8 heteroatoms. The first-order chi connectivity index (χ1) is 14.5. The average Bonchev–Trinajstić information content (AvgIpc) is 2.97. The molecule has 1 saturated heterocycles. The summed E-state index contributed by atoms with van der Waals surface area (Å²) in [4.78, 5) is 27.5. The Hall–Kier alpha value is -2.48. The number of amides is 2. The van der Waals surface area contributed by atoms with Crippen LogP contribution in [0.2, 0.25) is 0 Å². The van der Waals surface area contributed by atoms with Gasteiger partial charge < -0.3 is 24.4 Å². The molecule has 0 radical (unpaired) electrons. The Labute approximate surface area is 178 Å². The Bertz CT molecular complexity index is 731. The molecular formula is C22H34N3O5+. The minimum absolute atomic E-state index is 0.0143. The maximum Gasteiger partial charge on any atom is 0.410 e. The first-order valence-corrected chi connectivity index (χ1v) is 10.9. The maximum absolute atomic E-state index is 12.8. The molecular weight excluding hydrogens is 386 g/mol. The number of hydrogen-bond acceptors (Lipinski definition) is 5. The average molecular weight is 421 g/mol. The van der Waals surface area contributed by atoms with Crippen molar-refractivity contribution in [3.05, 3.63) is 23.8 Å². The molecule has 0 spiro atoms. The molecule has 1 aromatic rings. The van der Waals surface area contributed by atoms with Crippen LogP contribution in [0.4, 0.5) is 4.79 Å². The molecule has 2 aliphatic rings. The molecule has 2 N–H and O–H groups in total. The zero-order valence-corrected chi connectivity index (χ0v) is 18.2. The third kappa shape index (κ3) is 5.78. The van der Waals surface area contributed by atoms with E-state index in [9.17, 15) is 9.59 Å². The Morgan fingerprint density at radius 3 is 2.53 bits per heavy atom. The van der Waals surface area contributed by atoms with Crippen LogP contribution in [0.5, 0.6) is 11.5 Å². The molecule has 0 saturated carbocycles. The summed E-state index contributed by atoms with van der Waals surface area (Å²) in [6.45, 7) is 10.8. The van der Waals surface area contributed by atoms with Crippen LogP contribution in [0.15, 0.2) is 18.2 Å². The van der Waals surface area contributed by atoms with Gasteiger partial charge in [0.05, 0.1) is 52.0 Å². The highest BCUT2D eigenvalue weighted by atomic mass is 16.6. The first kappa shape index (κ1) is 22.2. The number of carbonyl (C=O) groups is 2. The number of quaternary nitrogens is 1. The van der Waals surface area contributed by atoms with Crippen LogP contribution in [0.25, 0.3) is 0 Å². The van der Waals surface area contributed by atoms with E-state index < -0.39 is 0 Å². The van der Waals surface area contributed by atoms with Gasteiger partial charge in [-0.25, -0.2) is 4.79 Å². The van der Waals surface area contributed by atoms with Crippen molar-refractivity contribution >= 4 is 12.0 Å². The number of rotatable bonds is 6. The molecule has 0 aliphatic carbocycles. The van der Waals surface area contributed by atoms with E-state index in [0.717, 1.165) is 36.6 Å². The molecule has 30 heavy (non-hydrogen) atoms. The van der Waals surface area contributed by atoms with Gasteiger partial charge in [-0.05, 0) is 30.5 Å². The zero-order chi connectivity index (χ0) is 21.5. The van der Waals surface area contributed by atoms with Crippen molar-refractivity contribution in [3.63, 3.8) is 0 Å². The third-order valence-electron chi connectivity index (χ3n) is 5.52. The molecule has 1 aromatic carbocycles. The van der Waals surface area contributed by atoms with Crippen LogP contribution >= 0.6 is 0 Å². The Kier molecular flexibility index (Phi) is 7.79. The van der Waals surface area contributed by atoms with Gasteiger partial charge in [0.25, 0.3) is 5.91 Å². The van der Waals surface area contributed by atoms with Gasteiger partial charge in [0.2, 0.25) is 0 Å². The quantitative estimate of drug-likeness (QED) is 0.718. The Balaban J connectivity index is 1.56. The van der Waals surface area contributed by atoms with E-state index in [2.05, 4.69) is 19.2 Å². The Morgan fingerprint density at radius 2 is 1.87 bits per heavy atom. The van der Waals surface area contributed by atoms with Crippen LogP contribution in [0.3, 0.4) is 0 Å². The lowest BCUT2D eigenvalue weighted by atomic mass is 9.95. The van der Waals surface area contributed by atoms with Gasteiger partial charge in [0, 0.05) is 6.42 Å². The van der Waals surface area contributed by atoms with Gasteiger partial charge in [-0.3, -0.25) is 9.69 Å². The molecule has 2 amide bonds. The van der Waals surface area contributed by atoms with Crippen molar-refractivity contribution in [1.29, 1.82) is 0 Å². The number of ether oxygens (including phenoxy) is 3. The summed E-state index contributed by atoms with van der Waals surface area (Å²) in [7, 11) is 0. The fourth-order valence-electron chi connectivity index (χ4n) is 3.86. The van der Waals surface area contributed by atoms with Gasteiger partial charge in [0.15, 0.2) is 18.0 Å². The molecule has 0 unspecified atom stereocenters. The molecule has 2 aliphatic heterocycles. The number of nitrogens with zero attached hydrogens (tertiary/aromatic N) is 1. The smallest absolute Gasteiger partial charge is 0.410 e. The molecule has 3 rings (SSSR count). The topological polar surface area (TPSA) is 81.5 Å². The highest BCUT2D eigenvalue weighted by Gasteiger charge is 2.27. The molecule has 8 nitrogen and oxygen atoms in total. The number of fused-ring (bicyclic) bond motifs is 1. The van der Waals surface area contributed by atoms with E-state index in [-0.39, 0.29) is 24.0 Å². The minimum Gasteiger partial charge on any atom is -0.490 e. The van der Waals surface area contributed by atoms with Crippen LogP contribution in [-0.4, -0.2) is 69.4 Å². The monoisotopic (exact) mass is 420 g/mol. The summed E-state index contributed by atoms with van der Waals surface area (Å²) in [6, 6.07) is 5.81. The van der Waals surface area contributed by atoms with E-state index in [1.54, 1.807) is 11.8 Å². The third-order valence-corrected chi connectivity index (χ3v) is 5.52. The van der Waals surface area contributed by atoms with Crippen molar-refractivity contribution in [2.45, 2.75) is 33.2 Å². The number of nitrogens with one attached hydrogen (secondary N) is 2.